The normalized spacial score (nSPS) is 20.5. The fourth-order valence-electron chi connectivity index (χ4n) is 4.41. The molecule has 0 radical (unpaired) electrons. The lowest BCUT2D eigenvalue weighted by Gasteiger charge is -2.24. The highest BCUT2D eigenvalue weighted by Crippen LogP contribution is 2.44. The Kier molecular flexibility index (Phi) is 6.26. The molecule has 4 nitrogen and oxygen atoms in total. The van der Waals surface area contributed by atoms with Gasteiger partial charge in [-0.3, -0.25) is 4.21 Å². The van der Waals surface area contributed by atoms with Crippen LogP contribution < -0.4 is 0 Å². The van der Waals surface area contributed by atoms with E-state index in [0.29, 0.717) is 23.1 Å². The summed E-state index contributed by atoms with van der Waals surface area (Å²) in [5.41, 5.74) is 3.30. The van der Waals surface area contributed by atoms with Crippen LogP contribution in [0.2, 0.25) is 0 Å². The average molecular weight is 452 g/mol. The largest absolute Gasteiger partial charge is 0.772 e. The molecule has 2 aromatic rings. The van der Waals surface area contributed by atoms with Crippen molar-refractivity contribution >= 4 is 28.2 Å². The molecule has 4 rings (SSSR count). The van der Waals surface area contributed by atoms with Crippen molar-refractivity contribution in [3.05, 3.63) is 94.8 Å². The van der Waals surface area contributed by atoms with Gasteiger partial charge in [0.15, 0.2) is 0 Å². The predicted octanol–water partition coefficient (Wildman–Crippen LogP) is 5.13. The van der Waals surface area contributed by atoms with Crippen molar-refractivity contribution < 1.29 is 22.7 Å². The molecule has 2 atom stereocenters. The van der Waals surface area contributed by atoms with Gasteiger partial charge in [0.1, 0.15) is 11.4 Å². The Morgan fingerprint density at radius 2 is 1.81 bits per heavy atom. The molecule has 0 spiro atoms. The minimum absolute atomic E-state index is 0.0649. The van der Waals surface area contributed by atoms with Crippen molar-refractivity contribution in [2.24, 2.45) is 5.92 Å². The number of ether oxygens (including phenoxy) is 1. The Labute approximate surface area is 189 Å². The van der Waals surface area contributed by atoms with Gasteiger partial charge in [0.25, 0.3) is 0 Å². The quantitative estimate of drug-likeness (QED) is 0.451. The minimum Gasteiger partial charge on any atom is -0.772 e. The lowest BCUT2D eigenvalue weighted by molar-refractivity contribution is -0.141. The van der Waals surface area contributed by atoms with Crippen LogP contribution in [-0.2, 0) is 32.8 Å². The molecule has 2 aliphatic rings. The summed E-state index contributed by atoms with van der Waals surface area (Å²) in [6.45, 7) is 3.65. The molecule has 0 N–H and O–H groups in total. The lowest BCUT2D eigenvalue weighted by atomic mass is 9.84. The second kappa shape index (κ2) is 8.96. The van der Waals surface area contributed by atoms with Crippen LogP contribution in [-0.4, -0.2) is 20.3 Å². The van der Waals surface area contributed by atoms with Crippen molar-refractivity contribution in [2.75, 3.05) is 0 Å². The number of hydrogen-bond acceptors (Lipinski definition) is 4. The number of hydrogen-bond donors (Lipinski definition) is 0. The highest BCUT2D eigenvalue weighted by atomic mass is 32.2. The summed E-state index contributed by atoms with van der Waals surface area (Å²) in [5.74, 6) is -0.629. The summed E-state index contributed by atoms with van der Waals surface area (Å²) >= 11 is -2.21. The zero-order valence-electron chi connectivity index (χ0n) is 18.0. The van der Waals surface area contributed by atoms with Gasteiger partial charge in [-0.2, -0.15) is 0 Å². The summed E-state index contributed by atoms with van der Waals surface area (Å²) in [6.07, 6.45) is 9.81. The molecule has 2 aromatic carbocycles. The van der Waals surface area contributed by atoms with Crippen molar-refractivity contribution in [3.63, 3.8) is 0 Å². The van der Waals surface area contributed by atoms with Gasteiger partial charge in [0.2, 0.25) is 0 Å². The molecule has 0 fully saturated rings. The van der Waals surface area contributed by atoms with E-state index in [2.05, 4.69) is 12.2 Å². The van der Waals surface area contributed by atoms with E-state index in [-0.39, 0.29) is 17.5 Å². The van der Waals surface area contributed by atoms with Crippen LogP contribution in [0.25, 0.3) is 11.1 Å². The topological polar surface area (TPSA) is 66.4 Å². The van der Waals surface area contributed by atoms with Gasteiger partial charge >= 0.3 is 5.97 Å². The summed E-state index contributed by atoms with van der Waals surface area (Å²) in [7, 11) is 0. The molecule has 6 heteroatoms. The van der Waals surface area contributed by atoms with E-state index < -0.39 is 22.7 Å². The number of carbonyl (C=O) groups excluding carboxylic acids is 1. The Morgan fingerprint density at radius 1 is 1.09 bits per heavy atom. The van der Waals surface area contributed by atoms with Gasteiger partial charge in [-0.1, -0.05) is 65.7 Å². The van der Waals surface area contributed by atoms with E-state index in [0.717, 1.165) is 23.1 Å². The number of halogens is 1. The molecule has 32 heavy (non-hydrogen) atoms. The Balaban J connectivity index is 1.83. The molecule has 0 saturated carbocycles. The van der Waals surface area contributed by atoms with Crippen LogP contribution in [0, 0.1) is 11.7 Å². The maximum atomic E-state index is 13.5. The number of esters is 1. The van der Waals surface area contributed by atoms with Crippen LogP contribution in [0.3, 0.4) is 0 Å². The summed E-state index contributed by atoms with van der Waals surface area (Å²) in [4.78, 5) is 12.8. The first-order valence-electron chi connectivity index (χ1n) is 10.5. The van der Waals surface area contributed by atoms with Crippen molar-refractivity contribution in [1.29, 1.82) is 0 Å². The van der Waals surface area contributed by atoms with E-state index in [1.807, 2.05) is 44.2 Å². The molecule has 1 aliphatic heterocycles. The second-order valence-electron chi connectivity index (χ2n) is 8.60. The first-order chi connectivity index (χ1) is 15.2. The van der Waals surface area contributed by atoms with Crippen LogP contribution >= 0.6 is 0 Å². The zero-order chi connectivity index (χ0) is 22.9. The van der Waals surface area contributed by atoms with Crippen molar-refractivity contribution in [2.45, 2.75) is 38.0 Å². The molecular weight excluding hydrogens is 427 g/mol. The molecule has 0 saturated heterocycles. The maximum Gasteiger partial charge on any atom is 0.340 e. The van der Waals surface area contributed by atoms with E-state index >= 15 is 0 Å². The summed E-state index contributed by atoms with van der Waals surface area (Å²) in [5, 5.41) is 0. The summed E-state index contributed by atoms with van der Waals surface area (Å²) in [6, 6.07) is 11.4. The van der Waals surface area contributed by atoms with Gasteiger partial charge in [-0.05, 0) is 67.0 Å². The Bertz CT molecular complexity index is 1160. The van der Waals surface area contributed by atoms with Gasteiger partial charge in [-0.15, -0.1) is 0 Å². The SMILES string of the molecule is CC1(C)OC(=O)C(c2ccc(F)cc2)=C1c1ccc(CS(=O)[O-])c(CC2C=CC=CC2)c1. The van der Waals surface area contributed by atoms with E-state index in [1.54, 1.807) is 12.1 Å². The number of benzene rings is 2. The van der Waals surface area contributed by atoms with Crippen LogP contribution in [0.4, 0.5) is 4.39 Å². The van der Waals surface area contributed by atoms with Crippen LogP contribution in [0.15, 0.2) is 66.8 Å². The van der Waals surface area contributed by atoms with Crippen molar-refractivity contribution in [3.8, 4) is 0 Å². The maximum absolute atomic E-state index is 13.5. The van der Waals surface area contributed by atoms with Gasteiger partial charge < -0.3 is 9.29 Å². The smallest absolute Gasteiger partial charge is 0.340 e. The molecule has 0 aromatic heterocycles. The van der Waals surface area contributed by atoms with Gasteiger partial charge in [-0.25, -0.2) is 9.18 Å². The van der Waals surface area contributed by atoms with Crippen LogP contribution in [0.5, 0.6) is 0 Å². The summed E-state index contributed by atoms with van der Waals surface area (Å²) < 4.78 is 42.0. The molecule has 2 unspecified atom stereocenters. The van der Waals surface area contributed by atoms with Gasteiger partial charge in [0.05, 0.1) is 5.57 Å². The Hall–Kier alpha value is -2.83. The third-order valence-electron chi connectivity index (χ3n) is 5.86. The highest BCUT2D eigenvalue weighted by molar-refractivity contribution is 7.78. The third-order valence-corrected chi connectivity index (χ3v) is 6.40. The molecule has 1 aliphatic carbocycles. The van der Waals surface area contributed by atoms with E-state index in [9.17, 15) is 17.9 Å². The molecule has 1 heterocycles. The van der Waals surface area contributed by atoms with Crippen molar-refractivity contribution in [1.82, 2.24) is 0 Å². The number of carbonyl (C=O) groups is 1. The number of allylic oxidation sites excluding steroid dienone is 4. The fourth-order valence-corrected chi connectivity index (χ4v) is 4.95. The molecular formula is C26H24FO4S-. The first-order valence-corrected chi connectivity index (χ1v) is 11.7. The highest BCUT2D eigenvalue weighted by Gasteiger charge is 2.41. The molecule has 166 valence electrons. The second-order valence-corrected chi connectivity index (χ2v) is 9.50. The Morgan fingerprint density at radius 3 is 2.47 bits per heavy atom. The number of rotatable bonds is 6. The van der Waals surface area contributed by atoms with E-state index in [4.69, 9.17) is 4.74 Å². The molecule has 0 amide bonds. The van der Waals surface area contributed by atoms with Gasteiger partial charge in [0, 0.05) is 11.3 Å². The van der Waals surface area contributed by atoms with Crippen LogP contribution in [0.1, 0.15) is 42.5 Å². The minimum atomic E-state index is -2.21. The predicted molar refractivity (Wildman–Crippen MR) is 123 cm³/mol. The standard InChI is InChI=1S/C26H25FO4S/c1-26(2)24(23(25(28)31-26)18-10-12-22(27)13-11-18)19-8-9-20(16-32(29)30)21(15-19)14-17-6-4-3-5-7-17/h3-6,8-13,15,17H,7,14,16H2,1-2H3,(H,29,30)/p-1. The number of cyclic esters (lactones) is 1. The average Bonchev–Trinajstić information content (AvgIpc) is 2.98. The third kappa shape index (κ3) is 4.66. The lowest BCUT2D eigenvalue weighted by Crippen LogP contribution is -2.22. The first kappa shape index (κ1) is 22.4. The zero-order valence-corrected chi connectivity index (χ0v) is 18.8. The monoisotopic (exact) mass is 451 g/mol. The van der Waals surface area contributed by atoms with E-state index in [1.165, 1.54) is 12.1 Å². The molecule has 0 bridgehead atoms. The fraction of sp³-hybridized carbons (Fsp3) is 0.269.